The van der Waals surface area contributed by atoms with E-state index in [1.165, 1.54) is 12.1 Å². The molecule has 0 heterocycles. The molecule has 1 aliphatic rings. The topological polar surface area (TPSA) is 20.2 Å². The van der Waals surface area contributed by atoms with Crippen LogP contribution in [0.5, 0.6) is 0 Å². The van der Waals surface area contributed by atoms with Crippen LogP contribution in [0.25, 0.3) is 0 Å². The number of hydrogen-bond acceptors (Lipinski definition) is 1. The zero-order chi connectivity index (χ0) is 12.8. The number of hydrogen-bond donors (Lipinski definition) is 1. The van der Waals surface area contributed by atoms with Crippen molar-refractivity contribution in [3.63, 3.8) is 0 Å². The van der Waals surface area contributed by atoms with E-state index >= 15 is 0 Å². The first-order valence-corrected chi connectivity index (χ1v) is 5.57. The van der Waals surface area contributed by atoms with E-state index in [0.29, 0.717) is 5.56 Å². The third-order valence-electron chi connectivity index (χ3n) is 3.85. The Hall–Kier alpha value is -1.03. The number of alkyl halides is 3. The molecule has 2 atom stereocenters. The van der Waals surface area contributed by atoms with Gasteiger partial charge in [-0.3, -0.25) is 0 Å². The van der Waals surface area contributed by atoms with Gasteiger partial charge in [-0.2, -0.15) is 13.2 Å². The van der Waals surface area contributed by atoms with Crippen molar-refractivity contribution in [1.29, 1.82) is 0 Å². The minimum absolute atomic E-state index is 0.0656. The van der Waals surface area contributed by atoms with Crippen molar-refractivity contribution in [2.75, 3.05) is 6.61 Å². The van der Waals surface area contributed by atoms with Gasteiger partial charge in [0, 0.05) is 6.61 Å². The minimum Gasteiger partial charge on any atom is -0.396 e. The summed E-state index contributed by atoms with van der Waals surface area (Å²) in [5.74, 6) is -0.281. The molecule has 0 aliphatic heterocycles. The summed E-state index contributed by atoms with van der Waals surface area (Å²) in [5, 5.41) is 9.19. The molecule has 0 amide bonds. The molecule has 1 nitrogen and oxygen atoms in total. The van der Waals surface area contributed by atoms with Crippen LogP contribution in [0.3, 0.4) is 0 Å². The average Bonchev–Trinajstić information content (AvgIpc) is 2.79. The predicted octanol–water partition coefficient (Wildman–Crippen LogP) is 3.44. The monoisotopic (exact) mass is 244 g/mol. The summed E-state index contributed by atoms with van der Waals surface area (Å²) in [4.78, 5) is 0. The average molecular weight is 244 g/mol. The molecule has 1 aliphatic carbocycles. The maximum Gasteiger partial charge on any atom is 0.416 e. The van der Waals surface area contributed by atoms with E-state index < -0.39 is 11.7 Å². The Bertz CT molecular complexity index is 423. The van der Waals surface area contributed by atoms with Gasteiger partial charge in [-0.15, -0.1) is 0 Å². The Morgan fingerprint density at radius 3 is 2.29 bits per heavy atom. The molecular weight excluding hydrogens is 229 g/mol. The summed E-state index contributed by atoms with van der Waals surface area (Å²) in [7, 11) is 0. The van der Waals surface area contributed by atoms with Crippen LogP contribution in [-0.2, 0) is 6.18 Å². The van der Waals surface area contributed by atoms with Crippen molar-refractivity contribution in [2.45, 2.75) is 25.9 Å². The lowest BCUT2D eigenvalue weighted by Gasteiger charge is -2.13. The maximum absolute atomic E-state index is 12.9. The van der Waals surface area contributed by atoms with E-state index in [0.717, 1.165) is 6.07 Å². The van der Waals surface area contributed by atoms with Crippen LogP contribution in [0, 0.1) is 11.3 Å². The Balaban J connectivity index is 2.42. The lowest BCUT2D eigenvalue weighted by molar-refractivity contribution is -0.138. The Kier molecular flexibility index (Phi) is 2.73. The normalized spacial score (nSPS) is 26.9. The smallest absolute Gasteiger partial charge is 0.396 e. The van der Waals surface area contributed by atoms with Gasteiger partial charge in [0.2, 0.25) is 0 Å². The SMILES string of the molecule is CC1(C)C(CO)C1c1ccccc1C(F)(F)F. The number of rotatable bonds is 2. The summed E-state index contributed by atoms with van der Waals surface area (Å²) < 4.78 is 38.6. The molecule has 0 radical (unpaired) electrons. The van der Waals surface area contributed by atoms with E-state index in [1.807, 2.05) is 13.8 Å². The fourth-order valence-electron chi connectivity index (χ4n) is 2.73. The third-order valence-corrected chi connectivity index (χ3v) is 3.85. The molecule has 1 fully saturated rings. The van der Waals surface area contributed by atoms with E-state index in [4.69, 9.17) is 0 Å². The highest BCUT2D eigenvalue weighted by Crippen LogP contribution is 2.65. The predicted molar refractivity (Wildman–Crippen MR) is 58.5 cm³/mol. The van der Waals surface area contributed by atoms with Crippen LogP contribution < -0.4 is 0 Å². The van der Waals surface area contributed by atoms with E-state index in [-0.39, 0.29) is 23.9 Å². The molecule has 4 heteroatoms. The first-order valence-electron chi connectivity index (χ1n) is 5.57. The Labute approximate surface area is 98.3 Å². The molecule has 0 saturated heterocycles. The molecule has 1 aromatic rings. The van der Waals surface area contributed by atoms with Crippen molar-refractivity contribution in [3.05, 3.63) is 35.4 Å². The number of aliphatic hydroxyl groups excluding tert-OH is 1. The molecule has 2 rings (SSSR count). The van der Waals surface area contributed by atoms with Crippen molar-refractivity contribution >= 4 is 0 Å². The summed E-state index contributed by atoms with van der Waals surface area (Å²) in [6.45, 7) is 3.72. The number of benzene rings is 1. The van der Waals surface area contributed by atoms with Crippen LogP contribution in [0.15, 0.2) is 24.3 Å². The second-order valence-electron chi connectivity index (χ2n) is 5.17. The van der Waals surface area contributed by atoms with Crippen LogP contribution >= 0.6 is 0 Å². The lowest BCUT2D eigenvalue weighted by Crippen LogP contribution is -2.09. The van der Waals surface area contributed by atoms with Gasteiger partial charge in [0.15, 0.2) is 0 Å². The van der Waals surface area contributed by atoms with Crippen LogP contribution in [0.4, 0.5) is 13.2 Å². The summed E-state index contributed by atoms with van der Waals surface area (Å²) >= 11 is 0. The number of halogens is 3. The van der Waals surface area contributed by atoms with Gasteiger partial charge in [0.1, 0.15) is 0 Å². The van der Waals surface area contributed by atoms with Gasteiger partial charge in [-0.05, 0) is 28.9 Å². The van der Waals surface area contributed by atoms with Crippen molar-refractivity contribution in [1.82, 2.24) is 0 Å². The Morgan fingerprint density at radius 1 is 1.24 bits per heavy atom. The molecule has 1 saturated carbocycles. The highest BCUT2D eigenvalue weighted by Gasteiger charge is 2.59. The zero-order valence-corrected chi connectivity index (χ0v) is 9.75. The fraction of sp³-hybridized carbons (Fsp3) is 0.538. The van der Waals surface area contributed by atoms with Gasteiger partial charge in [-0.1, -0.05) is 32.0 Å². The maximum atomic E-state index is 12.9. The number of aliphatic hydroxyl groups is 1. The van der Waals surface area contributed by atoms with Crippen molar-refractivity contribution in [3.8, 4) is 0 Å². The van der Waals surface area contributed by atoms with Gasteiger partial charge in [0.05, 0.1) is 5.56 Å². The van der Waals surface area contributed by atoms with Crippen LogP contribution in [-0.4, -0.2) is 11.7 Å². The third kappa shape index (κ3) is 1.95. The van der Waals surface area contributed by atoms with E-state index in [2.05, 4.69) is 0 Å². The van der Waals surface area contributed by atoms with Gasteiger partial charge < -0.3 is 5.11 Å². The first kappa shape index (κ1) is 12.4. The molecule has 17 heavy (non-hydrogen) atoms. The highest BCUT2D eigenvalue weighted by atomic mass is 19.4. The van der Waals surface area contributed by atoms with Gasteiger partial charge in [0.25, 0.3) is 0 Å². The van der Waals surface area contributed by atoms with Crippen molar-refractivity contribution in [2.24, 2.45) is 11.3 Å². The molecule has 0 spiro atoms. The largest absolute Gasteiger partial charge is 0.416 e. The quantitative estimate of drug-likeness (QED) is 0.845. The highest BCUT2D eigenvalue weighted by molar-refractivity contribution is 5.39. The van der Waals surface area contributed by atoms with E-state index in [1.54, 1.807) is 6.07 Å². The summed E-state index contributed by atoms with van der Waals surface area (Å²) in [6.07, 6.45) is -4.32. The second kappa shape index (κ2) is 3.73. The van der Waals surface area contributed by atoms with Crippen LogP contribution in [0.1, 0.15) is 30.9 Å². The van der Waals surface area contributed by atoms with Gasteiger partial charge in [-0.25, -0.2) is 0 Å². The molecule has 2 unspecified atom stereocenters. The van der Waals surface area contributed by atoms with Crippen LogP contribution in [0.2, 0.25) is 0 Å². The van der Waals surface area contributed by atoms with E-state index in [9.17, 15) is 18.3 Å². The second-order valence-corrected chi connectivity index (χ2v) is 5.17. The molecule has 1 N–H and O–H groups in total. The molecule has 1 aromatic carbocycles. The summed E-state index contributed by atoms with van der Waals surface area (Å²) in [5.41, 5.74) is -0.520. The molecule has 0 bridgehead atoms. The summed E-state index contributed by atoms with van der Waals surface area (Å²) in [6, 6.07) is 5.64. The van der Waals surface area contributed by atoms with Crippen molar-refractivity contribution < 1.29 is 18.3 Å². The molecule has 0 aromatic heterocycles. The zero-order valence-electron chi connectivity index (χ0n) is 9.75. The molecule has 94 valence electrons. The standard InChI is InChI=1S/C13H15F3O/c1-12(2)10(7-17)11(12)8-5-3-4-6-9(8)13(14,15)16/h3-6,10-11,17H,7H2,1-2H3. The first-order chi connectivity index (χ1) is 7.80. The van der Waals surface area contributed by atoms with Gasteiger partial charge >= 0.3 is 6.18 Å². The minimum atomic E-state index is -4.32. The molecular formula is C13H15F3O. The lowest BCUT2D eigenvalue weighted by atomic mass is 9.98. The fourth-order valence-corrected chi connectivity index (χ4v) is 2.73. The Morgan fingerprint density at radius 2 is 1.82 bits per heavy atom.